The average molecular weight is 230 g/mol. The van der Waals surface area contributed by atoms with Gasteiger partial charge in [-0.05, 0) is 67.6 Å². The molecule has 2 fully saturated rings. The summed E-state index contributed by atoms with van der Waals surface area (Å²) in [5.41, 5.74) is 1.54. The molecule has 2 nitrogen and oxygen atoms in total. The normalized spacial score (nSPS) is 22.6. The Morgan fingerprint density at radius 1 is 1.12 bits per heavy atom. The number of aromatic hydroxyl groups is 1. The van der Waals surface area contributed by atoms with E-state index in [1.54, 1.807) is 12.1 Å². The molecule has 0 saturated heterocycles. The second-order valence-corrected chi connectivity index (χ2v) is 5.69. The van der Waals surface area contributed by atoms with Gasteiger partial charge < -0.3 is 5.11 Å². The molecule has 0 heterocycles. The third-order valence-electron chi connectivity index (χ3n) is 4.57. The third kappa shape index (κ3) is 2.08. The molecule has 0 bridgehead atoms. The maximum atomic E-state index is 11.6. The fraction of sp³-hybridized carbons (Fsp3) is 0.533. The molecule has 17 heavy (non-hydrogen) atoms. The van der Waals surface area contributed by atoms with Gasteiger partial charge in [-0.2, -0.15) is 0 Å². The molecular weight excluding hydrogens is 212 g/mol. The summed E-state index contributed by atoms with van der Waals surface area (Å²) in [5, 5.41) is 9.38. The van der Waals surface area contributed by atoms with Gasteiger partial charge in [-0.25, -0.2) is 0 Å². The molecular formula is C15H18O2. The SMILES string of the molecule is O=c1cc(C2CCC3(CC2)CC3)cccc1O. The Bertz CT molecular complexity index is 479. The van der Waals surface area contributed by atoms with Crippen molar-refractivity contribution in [3.8, 4) is 5.75 Å². The largest absolute Gasteiger partial charge is 0.504 e. The van der Waals surface area contributed by atoms with Crippen molar-refractivity contribution in [2.75, 3.05) is 0 Å². The van der Waals surface area contributed by atoms with Crippen molar-refractivity contribution in [1.82, 2.24) is 0 Å². The van der Waals surface area contributed by atoms with Crippen LogP contribution in [0.1, 0.15) is 50.0 Å². The highest BCUT2D eigenvalue weighted by Gasteiger charge is 2.44. The predicted molar refractivity (Wildman–Crippen MR) is 67.3 cm³/mol. The van der Waals surface area contributed by atoms with Gasteiger partial charge in [-0.3, -0.25) is 4.79 Å². The van der Waals surface area contributed by atoms with E-state index in [9.17, 15) is 9.90 Å². The summed E-state index contributed by atoms with van der Waals surface area (Å²) in [6.07, 6.45) is 7.85. The van der Waals surface area contributed by atoms with Gasteiger partial charge in [0.1, 0.15) is 0 Å². The molecule has 0 aliphatic heterocycles. The zero-order chi connectivity index (χ0) is 11.9. The molecule has 1 spiro atoms. The fourth-order valence-electron chi connectivity index (χ4n) is 3.10. The molecule has 2 aliphatic carbocycles. The minimum atomic E-state index is -0.253. The van der Waals surface area contributed by atoms with Crippen LogP contribution in [0.4, 0.5) is 0 Å². The predicted octanol–water partition coefficient (Wildman–Crippen LogP) is 3.19. The minimum absolute atomic E-state index is 0.147. The molecule has 2 aliphatic rings. The van der Waals surface area contributed by atoms with E-state index in [1.165, 1.54) is 44.6 Å². The van der Waals surface area contributed by atoms with E-state index in [-0.39, 0.29) is 11.2 Å². The summed E-state index contributed by atoms with van der Waals surface area (Å²) in [4.78, 5) is 11.6. The van der Waals surface area contributed by atoms with Crippen LogP contribution in [0.3, 0.4) is 0 Å². The molecule has 1 aromatic rings. The second kappa shape index (κ2) is 3.86. The van der Waals surface area contributed by atoms with Crippen LogP contribution in [0.25, 0.3) is 0 Å². The van der Waals surface area contributed by atoms with Crippen LogP contribution in [0.5, 0.6) is 5.75 Å². The summed E-state index contributed by atoms with van der Waals surface area (Å²) < 4.78 is 0. The number of hydrogen-bond donors (Lipinski definition) is 1. The molecule has 0 radical (unpaired) electrons. The van der Waals surface area contributed by atoms with Gasteiger partial charge in [0.25, 0.3) is 0 Å². The van der Waals surface area contributed by atoms with Gasteiger partial charge in [-0.15, -0.1) is 0 Å². The van der Waals surface area contributed by atoms with E-state index in [2.05, 4.69) is 0 Å². The lowest BCUT2D eigenvalue weighted by atomic mass is 9.77. The quantitative estimate of drug-likeness (QED) is 0.804. The molecule has 1 aromatic carbocycles. The van der Waals surface area contributed by atoms with Crippen LogP contribution >= 0.6 is 0 Å². The summed E-state index contributed by atoms with van der Waals surface area (Å²) in [6, 6.07) is 6.87. The Hall–Kier alpha value is -1.31. The van der Waals surface area contributed by atoms with Gasteiger partial charge >= 0.3 is 0 Å². The van der Waals surface area contributed by atoms with Crippen molar-refractivity contribution in [2.24, 2.45) is 5.41 Å². The first-order chi connectivity index (χ1) is 8.19. The van der Waals surface area contributed by atoms with Gasteiger partial charge in [0, 0.05) is 0 Å². The monoisotopic (exact) mass is 230 g/mol. The summed E-state index contributed by atoms with van der Waals surface area (Å²) in [5.74, 6) is 0.367. The van der Waals surface area contributed by atoms with Crippen LogP contribution in [0.15, 0.2) is 29.1 Å². The van der Waals surface area contributed by atoms with Crippen LogP contribution in [0.2, 0.25) is 0 Å². The van der Waals surface area contributed by atoms with Gasteiger partial charge in [-0.1, -0.05) is 12.1 Å². The molecule has 0 unspecified atom stereocenters. The summed E-state index contributed by atoms with van der Waals surface area (Å²) in [6.45, 7) is 0. The lowest BCUT2D eigenvalue weighted by Gasteiger charge is -2.28. The van der Waals surface area contributed by atoms with Crippen LogP contribution in [-0.4, -0.2) is 5.11 Å². The van der Waals surface area contributed by atoms with E-state index in [0.717, 1.165) is 5.56 Å². The van der Waals surface area contributed by atoms with Crippen molar-refractivity contribution < 1.29 is 5.11 Å². The zero-order valence-electron chi connectivity index (χ0n) is 9.98. The highest BCUT2D eigenvalue weighted by Crippen LogP contribution is 2.58. The van der Waals surface area contributed by atoms with Crippen molar-refractivity contribution in [3.63, 3.8) is 0 Å². The minimum Gasteiger partial charge on any atom is -0.504 e. The van der Waals surface area contributed by atoms with E-state index in [1.807, 2.05) is 6.07 Å². The lowest BCUT2D eigenvalue weighted by molar-refractivity contribution is 0.306. The van der Waals surface area contributed by atoms with Crippen molar-refractivity contribution in [2.45, 2.75) is 44.4 Å². The molecule has 2 heteroatoms. The van der Waals surface area contributed by atoms with Crippen LogP contribution < -0.4 is 5.43 Å². The third-order valence-corrected chi connectivity index (χ3v) is 4.57. The first kappa shape index (κ1) is 10.8. The zero-order valence-corrected chi connectivity index (χ0v) is 9.98. The Morgan fingerprint density at radius 3 is 2.47 bits per heavy atom. The Kier molecular flexibility index (Phi) is 2.46. The van der Waals surface area contributed by atoms with E-state index in [4.69, 9.17) is 0 Å². The first-order valence-electron chi connectivity index (χ1n) is 6.52. The molecule has 0 atom stereocenters. The molecule has 90 valence electrons. The topological polar surface area (TPSA) is 37.3 Å². The average Bonchev–Trinajstić information content (AvgIpc) is 3.09. The maximum Gasteiger partial charge on any atom is 0.220 e. The summed E-state index contributed by atoms with van der Waals surface area (Å²) >= 11 is 0. The second-order valence-electron chi connectivity index (χ2n) is 5.69. The molecule has 0 amide bonds. The van der Waals surface area contributed by atoms with E-state index < -0.39 is 0 Å². The van der Waals surface area contributed by atoms with Gasteiger partial charge in [0.05, 0.1) is 0 Å². The standard InChI is InChI=1S/C15H18O2/c16-13-3-1-2-12(10-14(13)17)11-4-6-15(7-5-11)8-9-15/h1-3,10-11H,4-9H2,(H,16,17). The Labute approximate surface area is 101 Å². The first-order valence-corrected chi connectivity index (χ1v) is 6.52. The molecule has 2 saturated carbocycles. The smallest absolute Gasteiger partial charge is 0.220 e. The van der Waals surface area contributed by atoms with Crippen LogP contribution in [0, 0.1) is 5.41 Å². The van der Waals surface area contributed by atoms with Crippen molar-refractivity contribution >= 4 is 0 Å². The van der Waals surface area contributed by atoms with E-state index >= 15 is 0 Å². The molecule has 1 N–H and O–H groups in total. The Morgan fingerprint density at radius 2 is 1.82 bits per heavy atom. The Balaban J connectivity index is 1.83. The van der Waals surface area contributed by atoms with Crippen LogP contribution in [-0.2, 0) is 0 Å². The number of hydrogen-bond acceptors (Lipinski definition) is 2. The molecule has 3 rings (SSSR count). The molecule has 0 aromatic heterocycles. The lowest BCUT2D eigenvalue weighted by Crippen LogP contribution is -2.14. The van der Waals surface area contributed by atoms with Crippen molar-refractivity contribution in [3.05, 3.63) is 40.1 Å². The summed E-state index contributed by atoms with van der Waals surface area (Å²) in [7, 11) is 0. The fourth-order valence-corrected chi connectivity index (χ4v) is 3.10. The highest BCUT2D eigenvalue weighted by atomic mass is 16.3. The maximum absolute atomic E-state index is 11.6. The van der Waals surface area contributed by atoms with Gasteiger partial charge in [0.15, 0.2) is 5.75 Å². The number of rotatable bonds is 1. The van der Waals surface area contributed by atoms with E-state index in [0.29, 0.717) is 11.3 Å². The van der Waals surface area contributed by atoms with Crippen molar-refractivity contribution in [1.29, 1.82) is 0 Å². The highest BCUT2D eigenvalue weighted by molar-refractivity contribution is 5.26. The van der Waals surface area contributed by atoms with Gasteiger partial charge in [0.2, 0.25) is 5.43 Å².